The Labute approximate surface area is 154 Å². The van der Waals surface area contributed by atoms with Crippen LogP contribution in [0.5, 0.6) is 0 Å². The van der Waals surface area contributed by atoms with Gasteiger partial charge in [-0.3, -0.25) is 4.79 Å². The number of hydrogen-bond acceptors (Lipinski definition) is 4. The van der Waals surface area contributed by atoms with Gasteiger partial charge in [0.05, 0.1) is 12.5 Å². The highest BCUT2D eigenvalue weighted by Gasteiger charge is 2.34. The van der Waals surface area contributed by atoms with Gasteiger partial charge >= 0.3 is 6.18 Å². The Morgan fingerprint density at radius 1 is 1.32 bits per heavy atom. The van der Waals surface area contributed by atoms with Crippen LogP contribution in [-0.2, 0) is 17.5 Å². The molecule has 0 fully saturated rings. The summed E-state index contributed by atoms with van der Waals surface area (Å²) in [6.07, 6.45) is -4.47. The normalized spacial score (nSPS) is 13.7. The van der Waals surface area contributed by atoms with E-state index >= 15 is 0 Å². The lowest BCUT2D eigenvalue weighted by Gasteiger charge is -2.25. The molecule has 1 aromatic carbocycles. The fourth-order valence-electron chi connectivity index (χ4n) is 2.26. The SMILES string of the molecule is CC(C(=O)N(C)Cc1nc(C(F)(F)F)cs1)C(N)c1ccccc1.Cl. The van der Waals surface area contributed by atoms with Crippen molar-refractivity contribution in [3.8, 4) is 0 Å². The number of amides is 1. The molecule has 4 nitrogen and oxygen atoms in total. The van der Waals surface area contributed by atoms with E-state index in [2.05, 4.69) is 4.98 Å². The summed E-state index contributed by atoms with van der Waals surface area (Å²) in [6, 6.07) is 8.73. The minimum atomic E-state index is -4.47. The first-order valence-corrected chi connectivity index (χ1v) is 8.15. The van der Waals surface area contributed by atoms with Crippen LogP contribution < -0.4 is 5.73 Å². The second-order valence-electron chi connectivity index (χ2n) is 5.54. The number of aromatic nitrogens is 1. The number of nitrogens with zero attached hydrogens (tertiary/aromatic N) is 2. The Bertz CT molecular complexity index is 693. The first kappa shape index (κ1) is 21.4. The summed E-state index contributed by atoms with van der Waals surface area (Å²) >= 11 is 0.882. The second-order valence-corrected chi connectivity index (χ2v) is 6.49. The van der Waals surface area contributed by atoms with E-state index in [9.17, 15) is 18.0 Å². The zero-order valence-electron chi connectivity index (χ0n) is 13.7. The molecule has 2 N–H and O–H groups in total. The van der Waals surface area contributed by atoms with Crippen molar-refractivity contribution >= 4 is 29.7 Å². The van der Waals surface area contributed by atoms with Crippen LogP contribution in [0.15, 0.2) is 35.7 Å². The molecule has 25 heavy (non-hydrogen) atoms. The van der Waals surface area contributed by atoms with E-state index < -0.39 is 23.8 Å². The molecule has 2 atom stereocenters. The summed E-state index contributed by atoms with van der Waals surface area (Å²) < 4.78 is 37.7. The molecular formula is C16H19ClF3N3OS. The minimum absolute atomic E-state index is 0. The van der Waals surface area contributed by atoms with Crippen molar-refractivity contribution in [3.63, 3.8) is 0 Å². The molecule has 1 heterocycles. The largest absolute Gasteiger partial charge is 0.434 e. The summed E-state index contributed by atoms with van der Waals surface area (Å²) in [7, 11) is 1.53. The predicted octanol–water partition coefficient (Wildman–Crippen LogP) is 3.88. The first-order chi connectivity index (χ1) is 11.2. The van der Waals surface area contributed by atoms with Gasteiger partial charge in [0.25, 0.3) is 0 Å². The lowest BCUT2D eigenvalue weighted by atomic mass is 9.94. The zero-order valence-corrected chi connectivity index (χ0v) is 15.3. The van der Waals surface area contributed by atoms with Crippen LogP contribution in [0.2, 0.25) is 0 Å². The quantitative estimate of drug-likeness (QED) is 0.838. The third kappa shape index (κ3) is 5.42. The average molecular weight is 394 g/mol. The Morgan fingerprint density at radius 2 is 1.92 bits per heavy atom. The number of nitrogens with two attached hydrogens (primary N) is 1. The monoisotopic (exact) mass is 393 g/mol. The lowest BCUT2D eigenvalue weighted by Crippen LogP contribution is -2.36. The van der Waals surface area contributed by atoms with E-state index in [1.165, 1.54) is 11.9 Å². The van der Waals surface area contributed by atoms with Crippen molar-refractivity contribution in [1.29, 1.82) is 0 Å². The molecular weight excluding hydrogens is 375 g/mol. The maximum atomic E-state index is 12.6. The first-order valence-electron chi connectivity index (χ1n) is 7.27. The van der Waals surface area contributed by atoms with Gasteiger partial charge < -0.3 is 10.6 Å². The molecule has 0 spiro atoms. The molecule has 0 aliphatic carbocycles. The summed E-state index contributed by atoms with van der Waals surface area (Å²) in [5.74, 6) is -0.741. The van der Waals surface area contributed by atoms with E-state index in [0.717, 1.165) is 22.3 Å². The van der Waals surface area contributed by atoms with E-state index in [0.29, 0.717) is 0 Å². The van der Waals surface area contributed by atoms with Crippen molar-refractivity contribution < 1.29 is 18.0 Å². The molecule has 0 bridgehead atoms. The third-order valence-electron chi connectivity index (χ3n) is 3.70. The van der Waals surface area contributed by atoms with Crippen molar-refractivity contribution in [2.75, 3.05) is 7.05 Å². The Balaban J connectivity index is 0.00000312. The average Bonchev–Trinajstić information content (AvgIpc) is 3.02. The van der Waals surface area contributed by atoms with Gasteiger partial charge in [0.1, 0.15) is 5.01 Å². The predicted molar refractivity (Wildman–Crippen MR) is 93.4 cm³/mol. The maximum Gasteiger partial charge on any atom is 0.434 e. The number of rotatable bonds is 5. The van der Waals surface area contributed by atoms with Crippen LogP contribution >= 0.6 is 23.7 Å². The third-order valence-corrected chi connectivity index (χ3v) is 4.54. The van der Waals surface area contributed by atoms with Gasteiger partial charge in [0, 0.05) is 18.5 Å². The Hall–Kier alpha value is -1.64. The van der Waals surface area contributed by atoms with Gasteiger partial charge in [-0.2, -0.15) is 13.2 Å². The Morgan fingerprint density at radius 3 is 2.44 bits per heavy atom. The van der Waals surface area contributed by atoms with E-state index in [1.807, 2.05) is 30.3 Å². The smallest absolute Gasteiger partial charge is 0.339 e. The number of carbonyl (C=O) groups excluding carboxylic acids is 1. The molecule has 0 saturated heterocycles. The highest BCUT2D eigenvalue weighted by molar-refractivity contribution is 7.09. The van der Waals surface area contributed by atoms with Crippen molar-refractivity contribution in [3.05, 3.63) is 52.0 Å². The number of thiazole rings is 1. The molecule has 0 saturated carbocycles. The minimum Gasteiger partial charge on any atom is -0.339 e. The standard InChI is InChI=1S/C16H18F3N3OS.ClH/c1-10(14(20)11-6-4-3-5-7-11)15(23)22(2)8-13-21-12(9-24-13)16(17,18)19;/h3-7,9-10,14H,8,20H2,1-2H3;1H. The van der Waals surface area contributed by atoms with E-state index in [4.69, 9.17) is 5.73 Å². The maximum absolute atomic E-state index is 12.6. The van der Waals surface area contributed by atoms with Gasteiger partial charge in [-0.25, -0.2) is 4.98 Å². The number of hydrogen-bond donors (Lipinski definition) is 1. The number of benzene rings is 1. The number of halogens is 4. The molecule has 1 aromatic heterocycles. The molecule has 0 aliphatic rings. The van der Waals surface area contributed by atoms with Gasteiger partial charge in [0.2, 0.25) is 5.91 Å². The fourth-order valence-corrected chi connectivity index (χ4v) is 3.11. The zero-order chi connectivity index (χ0) is 17.9. The van der Waals surface area contributed by atoms with Crippen LogP contribution in [-0.4, -0.2) is 22.8 Å². The van der Waals surface area contributed by atoms with Crippen LogP contribution in [0.25, 0.3) is 0 Å². The molecule has 138 valence electrons. The highest BCUT2D eigenvalue weighted by atomic mass is 35.5. The Kier molecular flexibility index (Phi) is 7.40. The van der Waals surface area contributed by atoms with E-state index in [-0.39, 0.29) is 29.9 Å². The molecule has 0 radical (unpaired) electrons. The topological polar surface area (TPSA) is 59.2 Å². The van der Waals surface area contributed by atoms with Crippen LogP contribution in [0.1, 0.15) is 29.2 Å². The van der Waals surface area contributed by atoms with Crippen molar-refractivity contribution in [1.82, 2.24) is 9.88 Å². The van der Waals surface area contributed by atoms with Crippen molar-refractivity contribution in [2.24, 2.45) is 11.7 Å². The van der Waals surface area contributed by atoms with Crippen LogP contribution in [0, 0.1) is 5.92 Å². The molecule has 9 heteroatoms. The van der Waals surface area contributed by atoms with Crippen LogP contribution in [0.4, 0.5) is 13.2 Å². The van der Waals surface area contributed by atoms with Gasteiger partial charge in [-0.05, 0) is 5.56 Å². The summed E-state index contributed by atoms with van der Waals surface area (Å²) in [6.45, 7) is 1.73. The molecule has 2 rings (SSSR count). The molecule has 1 amide bonds. The molecule has 0 aliphatic heterocycles. The second kappa shape index (κ2) is 8.64. The summed E-state index contributed by atoms with van der Waals surface area (Å²) in [5, 5.41) is 1.19. The van der Waals surface area contributed by atoms with Gasteiger partial charge in [-0.1, -0.05) is 37.3 Å². The molecule has 2 unspecified atom stereocenters. The van der Waals surface area contributed by atoms with Crippen molar-refractivity contribution in [2.45, 2.75) is 25.7 Å². The number of alkyl halides is 3. The van der Waals surface area contributed by atoms with E-state index in [1.54, 1.807) is 6.92 Å². The fraction of sp³-hybridized carbons (Fsp3) is 0.375. The summed E-state index contributed by atoms with van der Waals surface area (Å²) in [5.41, 5.74) is 6.02. The van der Waals surface area contributed by atoms with Gasteiger partial charge in [0.15, 0.2) is 5.69 Å². The van der Waals surface area contributed by atoms with Crippen LogP contribution in [0.3, 0.4) is 0 Å². The highest BCUT2D eigenvalue weighted by Crippen LogP contribution is 2.30. The number of carbonyl (C=O) groups is 1. The van der Waals surface area contributed by atoms with Gasteiger partial charge in [-0.15, -0.1) is 23.7 Å². The molecule has 2 aromatic rings. The summed E-state index contributed by atoms with van der Waals surface area (Å²) in [4.78, 5) is 17.4. The lowest BCUT2D eigenvalue weighted by molar-refractivity contribution is -0.140.